The molecule has 2 atom stereocenters. The SMILES string of the molecule is CC1(C)CC=C2CC(C)(O)CCC2C1. The number of aliphatic hydroxyl groups is 1. The maximum Gasteiger partial charge on any atom is 0.0657 e. The first kappa shape index (κ1) is 10.2. The van der Waals surface area contributed by atoms with Gasteiger partial charge in [0, 0.05) is 0 Å². The van der Waals surface area contributed by atoms with Gasteiger partial charge in [-0.15, -0.1) is 0 Å². The molecule has 0 aromatic heterocycles. The summed E-state index contributed by atoms with van der Waals surface area (Å²) in [4.78, 5) is 0. The Morgan fingerprint density at radius 2 is 2.07 bits per heavy atom. The third-order valence-corrected chi connectivity index (χ3v) is 3.86. The minimum atomic E-state index is -0.427. The Morgan fingerprint density at radius 3 is 2.79 bits per heavy atom. The summed E-state index contributed by atoms with van der Waals surface area (Å²) in [5.41, 5.74) is 1.59. The molecule has 0 amide bonds. The fourth-order valence-corrected chi connectivity index (χ4v) is 2.97. The predicted octanol–water partition coefficient (Wildman–Crippen LogP) is 3.28. The zero-order valence-electron chi connectivity index (χ0n) is 9.64. The molecule has 2 aliphatic rings. The number of rotatable bonds is 0. The molecule has 2 unspecified atom stereocenters. The molecule has 1 nitrogen and oxygen atoms in total. The quantitative estimate of drug-likeness (QED) is 0.587. The van der Waals surface area contributed by atoms with Gasteiger partial charge in [-0.3, -0.25) is 0 Å². The Balaban J connectivity index is 2.14. The van der Waals surface area contributed by atoms with Gasteiger partial charge in [-0.05, 0) is 50.4 Å². The Morgan fingerprint density at radius 1 is 1.36 bits per heavy atom. The van der Waals surface area contributed by atoms with Crippen molar-refractivity contribution in [1.82, 2.24) is 0 Å². The van der Waals surface area contributed by atoms with E-state index in [9.17, 15) is 5.11 Å². The van der Waals surface area contributed by atoms with E-state index < -0.39 is 5.60 Å². The monoisotopic (exact) mass is 194 g/mol. The van der Waals surface area contributed by atoms with Crippen molar-refractivity contribution in [1.29, 1.82) is 0 Å². The van der Waals surface area contributed by atoms with Crippen LogP contribution in [0.4, 0.5) is 0 Å². The normalized spacial score (nSPS) is 41.4. The Hall–Kier alpha value is -0.300. The highest BCUT2D eigenvalue weighted by atomic mass is 16.3. The first-order valence-electron chi connectivity index (χ1n) is 5.79. The predicted molar refractivity (Wildman–Crippen MR) is 59.1 cm³/mol. The largest absolute Gasteiger partial charge is 0.390 e. The highest BCUT2D eigenvalue weighted by Crippen LogP contribution is 2.46. The standard InChI is InChI=1S/C13H22O/c1-12(2)6-4-11-9-13(3,14)7-5-10(11)8-12/h4,10,14H,5-9H2,1-3H3. The summed E-state index contributed by atoms with van der Waals surface area (Å²) in [7, 11) is 0. The minimum Gasteiger partial charge on any atom is -0.390 e. The average molecular weight is 194 g/mol. The zero-order valence-corrected chi connectivity index (χ0v) is 9.64. The van der Waals surface area contributed by atoms with Gasteiger partial charge in [0.15, 0.2) is 0 Å². The number of hydrogen-bond acceptors (Lipinski definition) is 1. The third kappa shape index (κ3) is 2.03. The zero-order chi connectivity index (χ0) is 10.4. The lowest BCUT2D eigenvalue weighted by atomic mass is 9.65. The molecule has 0 saturated heterocycles. The Labute approximate surface area is 87.2 Å². The molecule has 0 aliphatic heterocycles. The Kier molecular flexibility index (Phi) is 2.26. The molecule has 0 aromatic rings. The van der Waals surface area contributed by atoms with Gasteiger partial charge < -0.3 is 5.11 Å². The highest BCUT2D eigenvalue weighted by molar-refractivity contribution is 5.18. The summed E-state index contributed by atoms with van der Waals surface area (Å²) in [6.07, 6.45) is 7.96. The fraction of sp³-hybridized carbons (Fsp3) is 0.846. The topological polar surface area (TPSA) is 20.2 Å². The number of allylic oxidation sites excluding steroid dienone is 1. The summed E-state index contributed by atoms with van der Waals surface area (Å²) in [5, 5.41) is 10.0. The van der Waals surface area contributed by atoms with Gasteiger partial charge in [0.2, 0.25) is 0 Å². The van der Waals surface area contributed by atoms with E-state index in [1.807, 2.05) is 6.92 Å². The fourth-order valence-electron chi connectivity index (χ4n) is 2.97. The molecule has 0 aromatic carbocycles. The summed E-state index contributed by atoms with van der Waals surface area (Å²) in [6.45, 7) is 6.68. The molecule has 1 saturated carbocycles. The lowest BCUT2D eigenvalue weighted by Gasteiger charge is -2.42. The summed E-state index contributed by atoms with van der Waals surface area (Å²) in [6, 6.07) is 0. The molecule has 0 bridgehead atoms. The van der Waals surface area contributed by atoms with Gasteiger partial charge in [0.1, 0.15) is 0 Å². The van der Waals surface area contributed by atoms with Gasteiger partial charge in [-0.25, -0.2) is 0 Å². The van der Waals surface area contributed by atoms with Crippen LogP contribution in [-0.2, 0) is 0 Å². The van der Waals surface area contributed by atoms with Crippen molar-refractivity contribution in [3.63, 3.8) is 0 Å². The number of hydrogen-bond donors (Lipinski definition) is 1. The number of fused-ring (bicyclic) bond motifs is 1. The smallest absolute Gasteiger partial charge is 0.0657 e. The molecular weight excluding hydrogens is 172 g/mol. The van der Waals surface area contributed by atoms with E-state index in [0.717, 1.165) is 18.8 Å². The maximum atomic E-state index is 10.0. The molecule has 1 heteroatoms. The van der Waals surface area contributed by atoms with E-state index in [4.69, 9.17) is 0 Å². The first-order chi connectivity index (χ1) is 6.38. The lowest BCUT2D eigenvalue weighted by molar-refractivity contribution is 0.0220. The second-order valence-electron chi connectivity index (χ2n) is 6.26. The average Bonchev–Trinajstić information content (AvgIpc) is 2.04. The molecule has 2 rings (SSSR count). The van der Waals surface area contributed by atoms with E-state index in [2.05, 4.69) is 19.9 Å². The van der Waals surface area contributed by atoms with Crippen LogP contribution >= 0.6 is 0 Å². The van der Waals surface area contributed by atoms with Crippen LogP contribution in [0.15, 0.2) is 11.6 Å². The van der Waals surface area contributed by atoms with E-state index in [0.29, 0.717) is 5.41 Å². The molecule has 1 N–H and O–H groups in total. The summed E-state index contributed by atoms with van der Waals surface area (Å²) in [5.74, 6) is 0.763. The highest BCUT2D eigenvalue weighted by Gasteiger charge is 2.37. The van der Waals surface area contributed by atoms with Crippen LogP contribution < -0.4 is 0 Å². The van der Waals surface area contributed by atoms with Crippen LogP contribution in [0.5, 0.6) is 0 Å². The van der Waals surface area contributed by atoms with Gasteiger partial charge in [-0.1, -0.05) is 25.5 Å². The molecule has 14 heavy (non-hydrogen) atoms. The lowest BCUT2D eigenvalue weighted by Crippen LogP contribution is -2.35. The summed E-state index contributed by atoms with van der Waals surface area (Å²) < 4.78 is 0. The van der Waals surface area contributed by atoms with Crippen molar-refractivity contribution in [3.8, 4) is 0 Å². The molecule has 0 heterocycles. The second-order valence-corrected chi connectivity index (χ2v) is 6.26. The van der Waals surface area contributed by atoms with Crippen LogP contribution in [0.1, 0.15) is 52.9 Å². The van der Waals surface area contributed by atoms with Gasteiger partial charge in [0.25, 0.3) is 0 Å². The summed E-state index contributed by atoms with van der Waals surface area (Å²) >= 11 is 0. The van der Waals surface area contributed by atoms with Crippen LogP contribution in [0.3, 0.4) is 0 Å². The van der Waals surface area contributed by atoms with Crippen molar-refractivity contribution in [2.45, 2.75) is 58.5 Å². The van der Waals surface area contributed by atoms with Crippen molar-refractivity contribution < 1.29 is 5.11 Å². The van der Waals surface area contributed by atoms with E-state index in [-0.39, 0.29) is 0 Å². The van der Waals surface area contributed by atoms with E-state index in [1.165, 1.54) is 24.8 Å². The van der Waals surface area contributed by atoms with E-state index >= 15 is 0 Å². The molecule has 2 aliphatic carbocycles. The molecule has 1 fully saturated rings. The third-order valence-electron chi connectivity index (χ3n) is 3.86. The van der Waals surface area contributed by atoms with Crippen LogP contribution in [0, 0.1) is 11.3 Å². The van der Waals surface area contributed by atoms with E-state index in [1.54, 1.807) is 0 Å². The van der Waals surface area contributed by atoms with Crippen molar-refractivity contribution in [3.05, 3.63) is 11.6 Å². The molecule has 0 spiro atoms. The molecule has 0 radical (unpaired) electrons. The first-order valence-corrected chi connectivity index (χ1v) is 5.79. The minimum absolute atomic E-state index is 0.427. The Bertz CT molecular complexity index is 258. The van der Waals surface area contributed by atoms with Crippen LogP contribution in [0.25, 0.3) is 0 Å². The van der Waals surface area contributed by atoms with Gasteiger partial charge in [0.05, 0.1) is 5.60 Å². The molecule has 80 valence electrons. The van der Waals surface area contributed by atoms with Crippen molar-refractivity contribution in [2.24, 2.45) is 11.3 Å². The second kappa shape index (κ2) is 3.10. The van der Waals surface area contributed by atoms with Crippen molar-refractivity contribution >= 4 is 0 Å². The molecular formula is C13H22O. The van der Waals surface area contributed by atoms with Crippen LogP contribution in [-0.4, -0.2) is 10.7 Å². The van der Waals surface area contributed by atoms with Gasteiger partial charge in [-0.2, -0.15) is 0 Å². The van der Waals surface area contributed by atoms with Gasteiger partial charge >= 0.3 is 0 Å². The maximum absolute atomic E-state index is 10.0. The van der Waals surface area contributed by atoms with Crippen LogP contribution in [0.2, 0.25) is 0 Å². The van der Waals surface area contributed by atoms with Crippen molar-refractivity contribution in [2.75, 3.05) is 0 Å².